The first-order chi connectivity index (χ1) is 10.4. The lowest BCUT2D eigenvalue weighted by Crippen LogP contribution is -2.27. The van der Waals surface area contributed by atoms with Crippen molar-refractivity contribution in [3.63, 3.8) is 0 Å². The van der Waals surface area contributed by atoms with E-state index in [1.807, 2.05) is 0 Å². The predicted octanol–water partition coefficient (Wildman–Crippen LogP) is 2.39. The molecule has 0 N–H and O–H groups in total. The fraction of sp³-hybridized carbons (Fsp3) is 0.400. The summed E-state index contributed by atoms with van der Waals surface area (Å²) in [6.07, 6.45) is 0.212. The first-order valence-corrected chi connectivity index (χ1v) is 7.74. The van der Waals surface area contributed by atoms with Gasteiger partial charge in [0.25, 0.3) is 0 Å². The topological polar surface area (TPSA) is 63.7 Å². The molecule has 0 spiro atoms. The molecule has 118 valence electrons. The van der Waals surface area contributed by atoms with Crippen LogP contribution in [-0.4, -0.2) is 35.4 Å². The van der Waals surface area contributed by atoms with Crippen molar-refractivity contribution in [2.75, 3.05) is 18.1 Å². The first kappa shape index (κ1) is 16.5. The summed E-state index contributed by atoms with van der Waals surface area (Å²) in [5.41, 5.74) is 0.333. The van der Waals surface area contributed by atoms with Crippen LogP contribution < -0.4 is 4.90 Å². The van der Waals surface area contributed by atoms with Crippen LogP contribution in [0.2, 0.25) is 0 Å². The van der Waals surface area contributed by atoms with Gasteiger partial charge < -0.3 is 9.64 Å². The summed E-state index contributed by atoms with van der Waals surface area (Å²) in [5, 5.41) is -0.227. The third-order valence-corrected chi connectivity index (χ3v) is 4.15. The Labute approximate surface area is 131 Å². The Morgan fingerprint density at radius 1 is 1.45 bits per heavy atom. The van der Waals surface area contributed by atoms with E-state index < -0.39 is 11.8 Å². The minimum atomic E-state index is -0.674. The van der Waals surface area contributed by atoms with Crippen LogP contribution in [0.15, 0.2) is 18.2 Å². The Hall–Kier alpha value is -1.89. The molecule has 1 aliphatic rings. The third kappa shape index (κ3) is 3.65. The highest BCUT2D eigenvalue weighted by Crippen LogP contribution is 2.31. The van der Waals surface area contributed by atoms with Crippen molar-refractivity contribution >= 4 is 34.4 Å². The van der Waals surface area contributed by atoms with Crippen LogP contribution in [-0.2, 0) is 14.3 Å². The van der Waals surface area contributed by atoms with Crippen LogP contribution >= 0.6 is 11.8 Å². The van der Waals surface area contributed by atoms with Gasteiger partial charge in [-0.15, -0.1) is 0 Å². The fourth-order valence-corrected chi connectivity index (χ4v) is 3.26. The number of carbonyl (C=O) groups excluding carboxylic acids is 3. The summed E-state index contributed by atoms with van der Waals surface area (Å²) in [6, 6.07) is 3.64. The van der Waals surface area contributed by atoms with Crippen molar-refractivity contribution in [3.05, 3.63) is 29.6 Å². The molecule has 1 atom stereocenters. The number of rotatable bonds is 4. The number of benzene rings is 1. The Kier molecular flexibility index (Phi) is 5.18. The van der Waals surface area contributed by atoms with Crippen LogP contribution in [0.3, 0.4) is 0 Å². The van der Waals surface area contributed by atoms with Crippen molar-refractivity contribution in [1.29, 1.82) is 0 Å². The number of hydrogen-bond acceptors (Lipinski definition) is 5. The number of thioether (sulfide) groups is 1. The second-order valence-electron chi connectivity index (χ2n) is 4.82. The average molecular weight is 325 g/mol. The number of anilines is 1. The van der Waals surface area contributed by atoms with E-state index in [1.54, 1.807) is 6.92 Å². The monoisotopic (exact) mass is 325 g/mol. The molecule has 2 rings (SSSR count). The molecular formula is C15H16FNO4S. The van der Waals surface area contributed by atoms with Gasteiger partial charge in [0.05, 0.1) is 17.9 Å². The normalized spacial score (nSPS) is 17.7. The Morgan fingerprint density at radius 2 is 2.18 bits per heavy atom. The van der Waals surface area contributed by atoms with Gasteiger partial charge in [0.2, 0.25) is 5.91 Å². The number of carbonyl (C=O) groups is 3. The van der Waals surface area contributed by atoms with Gasteiger partial charge in [-0.25, -0.2) is 9.18 Å². The molecule has 0 radical (unpaired) electrons. The van der Waals surface area contributed by atoms with E-state index in [-0.39, 0.29) is 34.9 Å². The van der Waals surface area contributed by atoms with Gasteiger partial charge in [0, 0.05) is 25.1 Å². The molecule has 1 heterocycles. The maximum atomic E-state index is 13.4. The maximum Gasteiger partial charge on any atom is 0.340 e. The molecule has 0 saturated carbocycles. The quantitative estimate of drug-likeness (QED) is 0.795. The van der Waals surface area contributed by atoms with E-state index in [0.29, 0.717) is 12.2 Å². The number of halogens is 1. The van der Waals surface area contributed by atoms with Gasteiger partial charge in [0.1, 0.15) is 5.82 Å². The number of hydrogen-bond donors (Lipinski definition) is 0. The largest absolute Gasteiger partial charge is 0.462 e. The van der Waals surface area contributed by atoms with E-state index in [9.17, 15) is 18.8 Å². The van der Waals surface area contributed by atoms with Crippen molar-refractivity contribution < 1.29 is 23.5 Å². The van der Waals surface area contributed by atoms with E-state index in [0.717, 1.165) is 17.8 Å². The minimum Gasteiger partial charge on any atom is -0.462 e. The van der Waals surface area contributed by atoms with Gasteiger partial charge in [0.15, 0.2) is 5.12 Å². The molecule has 1 aliphatic heterocycles. The number of amides is 1. The van der Waals surface area contributed by atoms with E-state index >= 15 is 0 Å². The Balaban J connectivity index is 2.30. The first-order valence-electron chi connectivity index (χ1n) is 6.86. The third-order valence-electron chi connectivity index (χ3n) is 3.17. The smallest absolute Gasteiger partial charge is 0.340 e. The second-order valence-corrected chi connectivity index (χ2v) is 6.30. The lowest BCUT2D eigenvalue weighted by Gasteiger charge is -2.19. The van der Waals surface area contributed by atoms with Crippen LogP contribution in [0, 0.1) is 5.82 Å². The maximum absolute atomic E-state index is 13.4. The van der Waals surface area contributed by atoms with E-state index in [2.05, 4.69) is 0 Å². The molecule has 1 unspecified atom stereocenters. The lowest BCUT2D eigenvalue weighted by atomic mass is 10.1. The molecule has 1 amide bonds. The summed E-state index contributed by atoms with van der Waals surface area (Å²) < 4.78 is 18.3. The number of ether oxygens (including phenoxy) is 1. The summed E-state index contributed by atoms with van der Waals surface area (Å²) in [5.74, 6) is -1.45. The highest BCUT2D eigenvalue weighted by Gasteiger charge is 2.34. The molecule has 22 heavy (non-hydrogen) atoms. The van der Waals surface area contributed by atoms with Crippen LogP contribution in [0.4, 0.5) is 10.1 Å². The van der Waals surface area contributed by atoms with Crippen molar-refractivity contribution in [2.24, 2.45) is 0 Å². The molecule has 0 bridgehead atoms. The molecule has 5 nitrogen and oxygen atoms in total. The molecule has 1 aromatic rings. The highest BCUT2D eigenvalue weighted by atomic mass is 32.2. The zero-order valence-corrected chi connectivity index (χ0v) is 13.1. The molecule has 0 aromatic heterocycles. The van der Waals surface area contributed by atoms with Gasteiger partial charge in [-0.3, -0.25) is 9.59 Å². The molecule has 7 heteroatoms. The van der Waals surface area contributed by atoms with Crippen molar-refractivity contribution in [2.45, 2.75) is 25.5 Å². The van der Waals surface area contributed by atoms with Gasteiger partial charge >= 0.3 is 5.97 Å². The lowest BCUT2D eigenvalue weighted by molar-refractivity contribution is -0.117. The zero-order chi connectivity index (χ0) is 16.3. The van der Waals surface area contributed by atoms with Gasteiger partial charge in [-0.2, -0.15) is 0 Å². The van der Waals surface area contributed by atoms with Crippen molar-refractivity contribution in [3.8, 4) is 0 Å². The molecule has 1 fully saturated rings. The minimum absolute atomic E-state index is 0.0173. The van der Waals surface area contributed by atoms with Crippen LogP contribution in [0.1, 0.15) is 30.6 Å². The summed E-state index contributed by atoms with van der Waals surface area (Å²) in [7, 11) is 0. The average Bonchev–Trinajstić information content (AvgIpc) is 2.78. The zero-order valence-electron chi connectivity index (χ0n) is 12.3. The molecular weight excluding hydrogens is 309 g/mol. The van der Waals surface area contributed by atoms with Crippen molar-refractivity contribution in [1.82, 2.24) is 0 Å². The van der Waals surface area contributed by atoms with Crippen LogP contribution in [0.5, 0.6) is 0 Å². The SMILES string of the molecule is CCOC(=O)c1cc(F)ccc1N1CC(SC(C)=O)CC1=O. The predicted molar refractivity (Wildman–Crippen MR) is 81.4 cm³/mol. The fourth-order valence-electron chi connectivity index (χ4n) is 2.34. The summed E-state index contributed by atoms with van der Waals surface area (Å²) >= 11 is 1.10. The van der Waals surface area contributed by atoms with E-state index in [1.165, 1.54) is 24.0 Å². The molecule has 0 aliphatic carbocycles. The molecule has 1 saturated heterocycles. The Morgan fingerprint density at radius 3 is 2.82 bits per heavy atom. The summed E-state index contributed by atoms with van der Waals surface area (Å²) in [4.78, 5) is 36.7. The Bertz CT molecular complexity index is 620. The second kappa shape index (κ2) is 6.91. The molecule has 1 aromatic carbocycles. The summed E-state index contributed by atoms with van der Waals surface area (Å²) in [6.45, 7) is 3.56. The van der Waals surface area contributed by atoms with E-state index in [4.69, 9.17) is 4.74 Å². The number of nitrogens with zero attached hydrogens (tertiary/aromatic N) is 1. The standard InChI is InChI=1S/C15H16FNO4S/c1-3-21-15(20)12-6-10(16)4-5-13(12)17-8-11(7-14(17)19)22-9(2)18/h4-6,11H,3,7-8H2,1-2H3. The van der Waals surface area contributed by atoms with Gasteiger partial charge in [-0.05, 0) is 25.1 Å². The van der Waals surface area contributed by atoms with Crippen LogP contribution in [0.25, 0.3) is 0 Å². The number of esters is 1. The highest BCUT2D eigenvalue weighted by molar-refractivity contribution is 8.14. The van der Waals surface area contributed by atoms with Gasteiger partial charge in [-0.1, -0.05) is 11.8 Å².